The van der Waals surface area contributed by atoms with Gasteiger partial charge in [-0.1, -0.05) is 12.1 Å². The molecule has 1 aliphatic carbocycles. The van der Waals surface area contributed by atoms with E-state index in [1.807, 2.05) is 0 Å². The van der Waals surface area contributed by atoms with Gasteiger partial charge in [-0.3, -0.25) is 0 Å². The van der Waals surface area contributed by atoms with Gasteiger partial charge in [0.05, 0.1) is 17.0 Å². The van der Waals surface area contributed by atoms with Crippen LogP contribution >= 0.6 is 0 Å². The molecule has 2 N–H and O–H groups in total. The number of halogens is 3. The van der Waals surface area contributed by atoms with Crippen LogP contribution in [-0.2, 0) is 32.1 Å². The Balaban J connectivity index is 2.08. The Hall–Kier alpha value is -1.01. The van der Waals surface area contributed by atoms with E-state index in [-0.39, 0.29) is 11.0 Å². The number of hydrogen-bond donors (Lipinski definition) is 2. The third kappa shape index (κ3) is 5.49. The molecule has 0 spiro atoms. The molecule has 0 amide bonds. The molecule has 0 saturated heterocycles. The Kier molecular flexibility index (Phi) is 6.83. The third-order valence-electron chi connectivity index (χ3n) is 3.99. The summed E-state index contributed by atoms with van der Waals surface area (Å²) in [5, 5.41) is 10.9. The summed E-state index contributed by atoms with van der Waals surface area (Å²) in [5.74, 6) is -0.104. The maximum atomic E-state index is 12.0. The van der Waals surface area contributed by atoms with Crippen molar-refractivity contribution in [1.82, 2.24) is 4.72 Å². The summed E-state index contributed by atoms with van der Waals surface area (Å²) in [7, 11) is -1.30. The van der Waals surface area contributed by atoms with E-state index in [2.05, 4.69) is 13.1 Å². The highest BCUT2D eigenvalue weighted by Gasteiger charge is 2.43. The van der Waals surface area contributed by atoms with Crippen LogP contribution in [0.2, 0.25) is 0 Å². The van der Waals surface area contributed by atoms with Crippen LogP contribution in [0.3, 0.4) is 0 Å². The van der Waals surface area contributed by atoms with Crippen LogP contribution < -0.4 is 8.91 Å². The van der Waals surface area contributed by atoms with Crippen molar-refractivity contribution in [3.63, 3.8) is 0 Å². The van der Waals surface area contributed by atoms with Gasteiger partial charge in [0.1, 0.15) is 11.4 Å². The first kappa shape index (κ1) is 21.3. The van der Waals surface area contributed by atoms with Gasteiger partial charge in [0.2, 0.25) is 0 Å². The van der Waals surface area contributed by atoms with E-state index >= 15 is 0 Å². The summed E-state index contributed by atoms with van der Waals surface area (Å²) < 4.78 is 69.8. The van der Waals surface area contributed by atoms with Crippen molar-refractivity contribution < 1.29 is 35.1 Å². The number of rotatable bonds is 7. The van der Waals surface area contributed by atoms with E-state index in [9.17, 15) is 26.7 Å². The molecule has 2 rings (SSSR count). The highest BCUT2D eigenvalue weighted by Crippen LogP contribution is 2.39. The lowest BCUT2D eigenvalue weighted by Gasteiger charge is -2.31. The van der Waals surface area contributed by atoms with Gasteiger partial charge < -0.3 is 9.29 Å². The van der Waals surface area contributed by atoms with Gasteiger partial charge >= 0.3 is 17.7 Å². The number of benzene rings is 1. The summed E-state index contributed by atoms with van der Waals surface area (Å²) in [6.07, 6.45) is -3.26. The maximum Gasteiger partial charge on any atom is 0.537 e. The molecule has 6 nitrogen and oxygen atoms in total. The Bertz CT molecular complexity index is 668. The minimum Gasteiger partial charge on any atom is -0.383 e. The summed E-state index contributed by atoms with van der Waals surface area (Å²) in [6, 6.07) is 5.11. The molecule has 11 heteroatoms. The number of hydrogen-bond acceptors (Lipinski definition) is 5. The van der Waals surface area contributed by atoms with E-state index < -0.39 is 40.4 Å². The molecule has 0 aliphatic heterocycles. The van der Waals surface area contributed by atoms with Crippen molar-refractivity contribution in [3.8, 4) is 5.75 Å². The highest BCUT2D eigenvalue weighted by atomic mass is 32.2. The van der Waals surface area contributed by atoms with Crippen LogP contribution in [0.1, 0.15) is 38.7 Å². The summed E-state index contributed by atoms with van der Waals surface area (Å²) in [4.78, 5) is 0. The Labute approximate surface area is 154 Å². The molecule has 0 aromatic heterocycles. The Morgan fingerprint density at radius 3 is 2.42 bits per heavy atom. The van der Waals surface area contributed by atoms with Gasteiger partial charge in [0.25, 0.3) is 0 Å². The number of nitrogens with one attached hydrogen (secondary N) is 1. The van der Waals surface area contributed by atoms with E-state index in [4.69, 9.17) is 0 Å². The van der Waals surface area contributed by atoms with Gasteiger partial charge in [-0.15, -0.1) is 13.2 Å². The van der Waals surface area contributed by atoms with Crippen LogP contribution in [0.5, 0.6) is 5.75 Å². The van der Waals surface area contributed by atoms with Crippen molar-refractivity contribution >= 4 is 22.3 Å². The molecule has 1 aromatic carbocycles. The highest BCUT2D eigenvalue weighted by molar-refractivity contribution is 7.83. The molecule has 26 heavy (non-hydrogen) atoms. The molecular formula is C15H20F3NO5S2. The zero-order valence-corrected chi connectivity index (χ0v) is 15.7. The lowest BCUT2D eigenvalue weighted by molar-refractivity contribution is -0.271. The normalized spacial score (nSPS) is 26.0. The zero-order valence-electron chi connectivity index (χ0n) is 14.1. The SMILES string of the molecule is CC(C)S(=O)NC1CCCC1(O)c1ccc(OS(=O)OC(F)(F)F)cc1. The first-order chi connectivity index (χ1) is 12.0. The quantitative estimate of drug-likeness (QED) is 0.715. The molecule has 0 radical (unpaired) electrons. The summed E-state index contributed by atoms with van der Waals surface area (Å²) in [6.45, 7) is 3.60. The van der Waals surface area contributed by atoms with Crippen LogP contribution in [0, 0.1) is 0 Å². The topological polar surface area (TPSA) is 84.9 Å². The fourth-order valence-corrected chi connectivity index (χ4v) is 4.06. The molecular weight excluding hydrogens is 395 g/mol. The maximum absolute atomic E-state index is 12.0. The molecule has 148 valence electrons. The second-order valence-electron chi connectivity index (χ2n) is 6.17. The molecule has 0 bridgehead atoms. The van der Waals surface area contributed by atoms with Crippen molar-refractivity contribution in [2.24, 2.45) is 0 Å². The fraction of sp³-hybridized carbons (Fsp3) is 0.600. The number of alkyl halides is 3. The molecule has 1 aliphatic rings. The average molecular weight is 415 g/mol. The van der Waals surface area contributed by atoms with E-state index in [1.165, 1.54) is 24.3 Å². The largest absolute Gasteiger partial charge is 0.537 e. The van der Waals surface area contributed by atoms with Gasteiger partial charge in [-0.25, -0.2) is 8.93 Å². The zero-order chi connectivity index (χ0) is 19.5. The Morgan fingerprint density at radius 2 is 1.88 bits per heavy atom. The molecule has 4 atom stereocenters. The van der Waals surface area contributed by atoms with Crippen molar-refractivity contribution in [2.75, 3.05) is 0 Å². The Morgan fingerprint density at radius 1 is 1.27 bits per heavy atom. The summed E-state index contributed by atoms with van der Waals surface area (Å²) in [5.41, 5.74) is -0.756. The second kappa shape index (κ2) is 8.34. The minimum atomic E-state index is -5.07. The fourth-order valence-electron chi connectivity index (χ4n) is 2.74. The third-order valence-corrected chi connectivity index (χ3v) is 6.02. The van der Waals surface area contributed by atoms with Gasteiger partial charge in [0, 0.05) is 5.25 Å². The van der Waals surface area contributed by atoms with Crippen LogP contribution in [0.25, 0.3) is 0 Å². The average Bonchev–Trinajstić information content (AvgIpc) is 2.88. The molecule has 0 heterocycles. The molecule has 1 saturated carbocycles. The van der Waals surface area contributed by atoms with Gasteiger partial charge in [-0.05, 0) is 50.8 Å². The first-order valence-electron chi connectivity index (χ1n) is 7.87. The van der Waals surface area contributed by atoms with Gasteiger partial charge in [0.15, 0.2) is 0 Å². The van der Waals surface area contributed by atoms with Crippen molar-refractivity contribution in [2.45, 2.75) is 56.4 Å². The summed E-state index contributed by atoms with van der Waals surface area (Å²) >= 11 is -3.02. The van der Waals surface area contributed by atoms with Gasteiger partial charge in [-0.2, -0.15) is 8.39 Å². The monoisotopic (exact) mass is 415 g/mol. The predicted octanol–water partition coefficient (Wildman–Crippen LogP) is 2.58. The van der Waals surface area contributed by atoms with Crippen molar-refractivity contribution in [3.05, 3.63) is 29.8 Å². The second-order valence-corrected chi connectivity index (χ2v) is 8.69. The smallest absolute Gasteiger partial charge is 0.383 e. The number of aliphatic hydroxyl groups is 1. The van der Waals surface area contributed by atoms with Crippen molar-refractivity contribution in [1.29, 1.82) is 0 Å². The predicted molar refractivity (Wildman–Crippen MR) is 90.3 cm³/mol. The van der Waals surface area contributed by atoms with Crippen LogP contribution in [0.15, 0.2) is 24.3 Å². The van der Waals surface area contributed by atoms with Crippen LogP contribution in [-0.4, -0.2) is 31.2 Å². The van der Waals surface area contributed by atoms with E-state index in [0.29, 0.717) is 18.4 Å². The van der Waals surface area contributed by atoms with Crippen LogP contribution in [0.4, 0.5) is 13.2 Å². The first-order valence-corrected chi connectivity index (χ1v) is 10.1. The van der Waals surface area contributed by atoms with E-state index in [0.717, 1.165) is 6.42 Å². The lowest BCUT2D eigenvalue weighted by Crippen LogP contribution is -2.46. The standard InChI is InChI=1S/C15H20F3NO5S2/c1-10(2)25(21)19-13-4-3-9-14(13,20)11-5-7-12(8-6-11)23-26(22)24-15(16,17)18/h5-8,10,13,19-20H,3-4,9H2,1-2H3. The molecule has 1 fully saturated rings. The molecule has 1 aromatic rings. The van der Waals surface area contributed by atoms with E-state index in [1.54, 1.807) is 13.8 Å². The minimum absolute atomic E-state index is 0.104. The molecule has 4 unspecified atom stereocenters. The lowest BCUT2D eigenvalue weighted by atomic mass is 9.89.